The largest absolute Gasteiger partial charge is 0.392 e. The first-order chi connectivity index (χ1) is 8.69. The van der Waals surface area contributed by atoms with Crippen molar-refractivity contribution in [3.8, 4) is 0 Å². The molecule has 2 rings (SSSR count). The molecular formula is C15H16BrNO. The molecule has 0 aliphatic heterocycles. The number of aryl methyl sites for hydroxylation is 1. The van der Waals surface area contributed by atoms with Gasteiger partial charge in [0.25, 0.3) is 0 Å². The van der Waals surface area contributed by atoms with E-state index in [1.807, 2.05) is 30.3 Å². The van der Waals surface area contributed by atoms with E-state index in [-0.39, 0.29) is 6.61 Å². The molecule has 0 radical (unpaired) electrons. The Morgan fingerprint density at radius 1 is 1.06 bits per heavy atom. The number of hydrogen-bond acceptors (Lipinski definition) is 2. The summed E-state index contributed by atoms with van der Waals surface area (Å²) in [4.78, 5) is 0. The molecule has 0 aliphatic rings. The van der Waals surface area contributed by atoms with Crippen LogP contribution in [-0.4, -0.2) is 5.11 Å². The van der Waals surface area contributed by atoms with Crippen molar-refractivity contribution in [2.45, 2.75) is 20.1 Å². The van der Waals surface area contributed by atoms with E-state index in [1.165, 1.54) is 11.1 Å². The van der Waals surface area contributed by atoms with E-state index in [0.29, 0.717) is 0 Å². The Hall–Kier alpha value is -1.32. The molecular weight excluding hydrogens is 290 g/mol. The molecule has 0 amide bonds. The van der Waals surface area contributed by atoms with Crippen LogP contribution in [0.3, 0.4) is 0 Å². The summed E-state index contributed by atoms with van der Waals surface area (Å²) in [6.07, 6.45) is 0. The molecule has 0 saturated heterocycles. The van der Waals surface area contributed by atoms with E-state index in [9.17, 15) is 0 Å². The van der Waals surface area contributed by atoms with Gasteiger partial charge in [0.2, 0.25) is 0 Å². The molecule has 0 atom stereocenters. The van der Waals surface area contributed by atoms with Gasteiger partial charge in [-0.25, -0.2) is 0 Å². The van der Waals surface area contributed by atoms with Crippen LogP contribution in [0.2, 0.25) is 0 Å². The van der Waals surface area contributed by atoms with Crippen LogP contribution >= 0.6 is 15.9 Å². The van der Waals surface area contributed by atoms with E-state index in [4.69, 9.17) is 5.11 Å². The second-order valence-corrected chi connectivity index (χ2v) is 5.15. The Kier molecular flexibility index (Phi) is 4.39. The smallest absolute Gasteiger partial charge is 0.0681 e. The molecule has 2 N–H and O–H groups in total. The lowest BCUT2D eigenvalue weighted by Gasteiger charge is -2.08. The van der Waals surface area contributed by atoms with Gasteiger partial charge in [-0.2, -0.15) is 0 Å². The zero-order valence-corrected chi connectivity index (χ0v) is 11.9. The van der Waals surface area contributed by atoms with Crippen LogP contribution in [0.25, 0.3) is 0 Å². The molecule has 94 valence electrons. The molecule has 0 heterocycles. The molecule has 0 unspecified atom stereocenters. The summed E-state index contributed by atoms with van der Waals surface area (Å²) in [6.45, 7) is 2.96. The molecule has 0 bridgehead atoms. The third kappa shape index (κ3) is 3.34. The fourth-order valence-electron chi connectivity index (χ4n) is 1.72. The van der Waals surface area contributed by atoms with Crippen molar-refractivity contribution >= 4 is 21.6 Å². The number of benzene rings is 2. The normalized spacial score (nSPS) is 10.4. The van der Waals surface area contributed by atoms with Crippen LogP contribution in [0.5, 0.6) is 0 Å². The highest BCUT2D eigenvalue weighted by molar-refractivity contribution is 9.10. The Bertz CT molecular complexity index is 523. The lowest BCUT2D eigenvalue weighted by atomic mass is 10.1. The summed E-state index contributed by atoms with van der Waals surface area (Å²) in [6, 6.07) is 14.2. The summed E-state index contributed by atoms with van der Waals surface area (Å²) in [7, 11) is 0. The first-order valence-electron chi connectivity index (χ1n) is 5.88. The second kappa shape index (κ2) is 6.03. The zero-order valence-electron chi connectivity index (χ0n) is 10.3. The summed E-state index contributed by atoms with van der Waals surface area (Å²) >= 11 is 3.49. The van der Waals surface area contributed by atoms with Gasteiger partial charge in [0.15, 0.2) is 0 Å². The Balaban J connectivity index is 1.99. The van der Waals surface area contributed by atoms with Gasteiger partial charge in [0.1, 0.15) is 0 Å². The lowest BCUT2D eigenvalue weighted by Crippen LogP contribution is -1.99. The SMILES string of the molecule is Cc1cc(NCc2ccc(CO)cc2)ccc1Br. The molecule has 0 aromatic heterocycles. The predicted molar refractivity (Wildman–Crippen MR) is 78.6 cm³/mol. The summed E-state index contributed by atoms with van der Waals surface area (Å²) in [5.41, 5.74) is 4.48. The van der Waals surface area contributed by atoms with Crippen LogP contribution in [0.1, 0.15) is 16.7 Å². The van der Waals surface area contributed by atoms with Gasteiger partial charge < -0.3 is 10.4 Å². The molecule has 0 saturated carbocycles. The minimum Gasteiger partial charge on any atom is -0.392 e. The summed E-state index contributed by atoms with van der Waals surface area (Å²) in [5, 5.41) is 12.4. The molecule has 0 spiro atoms. The predicted octanol–water partition coefficient (Wildman–Crippen LogP) is 3.86. The number of hydrogen-bond donors (Lipinski definition) is 2. The van der Waals surface area contributed by atoms with E-state index in [1.54, 1.807) is 0 Å². The molecule has 18 heavy (non-hydrogen) atoms. The van der Waals surface area contributed by atoms with Gasteiger partial charge in [0, 0.05) is 16.7 Å². The van der Waals surface area contributed by atoms with Crippen LogP contribution < -0.4 is 5.32 Å². The van der Waals surface area contributed by atoms with E-state index in [2.05, 4.69) is 40.3 Å². The van der Waals surface area contributed by atoms with Gasteiger partial charge in [-0.1, -0.05) is 40.2 Å². The number of aliphatic hydroxyl groups excluding tert-OH is 1. The minimum absolute atomic E-state index is 0.0968. The highest BCUT2D eigenvalue weighted by atomic mass is 79.9. The number of aliphatic hydroxyl groups is 1. The number of halogens is 1. The first-order valence-corrected chi connectivity index (χ1v) is 6.67. The van der Waals surface area contributed by atoms with Crippen LogP contribution in [-0.2, 0) is 13.2 Å². The monoisotopic (exact) mass is 305 g/mol. The quantitative estimate of drug-likeness (QED) is 0.899. The number of anilines is 1. The molecule has 2 nitrogen and oxygen atoms in total. The fourth-order valence-corrected chi connectivity index (χ4v) is 1.97. The fraction of sp³-hybridized carbons (Fsp3) is 0.200. The van der Waals surface area contributed by atoms with Crippen molar-refractivity contribution in [2.75, 3.05) is 5.32 Å². The molecule has 0 aliphatic carbocycles. The average molecular weight is 306 g/mol. The van der Waals surface area contributed by atoms with E-state index >= 15 is 0 Å². The van der Waals surface area contributed by atoms with Crippen LogP contribution in [0, 0.1) is 6.92 Å². The van der Waals surface area contributed by atoms with Gasteiger partial charge in [-0.05, 0) is 41.8 Å². The van der Waals surface area contributed by atoms with Gasteiger partial charge >= 0.3 is 0 Å². The maximum absolute atomic E-state index is 8.97. The van der Waals surface area contributed by atoms with Crippen molar-refractivity contribution in [3.63, 3.8) is 0 Å². The van der Waals surface area contributed by atoms with Gasteiger partial charge in [-0.15, -0.1) is 0 Å². The minimum atomic E-state index is 0.0968. The molecule has 2 aromatic rings. The highest BCUT2D eigenvalue weighted by Gasteiger charge is 1.98. The first kappa shape index (κ1) is 13.1. The topological polar surface area (TPSA) is 32.3 Å². The van der Waals surface area contributed by atoms with E-state index in [0.717, 1.165) is 22.3 Å². The molecule has 0 fully saturated rings. The van der Waals surface area contributed by atoms with Crippen molar-refractivity contribution in [1.82, 2.24) is 0 Å². The summed E-state index contributed by atoms with van der Waals surface area (Å²) in [5.74, 6) is 0. The van der Waals surface area contributed by atoms with Crippen LogP contribution in [0.4, 0.5) is 5.69 Å². The number of nitrogens with one attached hydrogen (secondary N) is 1. The van der Waals surface area contributed by atoms with Crippen molar-refractivity contribution in [1.29, 1.82) is 0 Å². The summed E-state index contributed by atoms with van der Waals surface area (Å²) < 4.78 is 1.13. The van der Waals surface area contributed by atoms with Crippen LogP contribution in [0.15, 0.2) is 46.9 Å². The third-order valence-electron chi connectivity index (χ3n) is 2.86. The highest BCUT2D eigenvalue weighted by Crippen LogP contribution is 2.20. The van der Waals surface area contributed by atoms with Gasteiger partial charge in [0.05, 0.1) is 6.61 Å². The average Bonchev–Trinajstić information content (AvgIpc) is 2.41. The molecule has 2 aromatic carbocycles. The zero-order chi connectivity index (χ0) is 13.0. The third-order valence-corrected chi connectivity index (χ3v) is 3.75. The standard InChI is InChI=1S/C15H16BrNO/c1-11-8-14(6-7-15(11)16)17-9-12-2-4-13(10-18)5-3-12/h2-8,17-18H,9-10H2,1H3. The van der Waals surface area contributed by atoms with E-state index < -0.39 is 0 Å². The van der Waals surface area contributed by atoms with Gasteiger partial charge in [-0.3, -0.25) is 0 Å². The second-order valence-electron chi connectivity index (χ2n) is 4.29. The Morgan fingerprint density at radius 2 is 1.72 bits per heavy atom. The Morgan fingerprint density at radius 3 is 2.33 bits per heavy atom. The van der Waals surface area contributed by atoms with Crippen molar-refractivity contribution < 1.29 is 5.11 Å². The maximum Gasteiger partial charge on any atom is 0.0681 e. The number of rotatable bonds is 4. The Labute approximate surface area is 116 Å². The van der Waals surface area contributed by atoms with Crippen molar-refractivity contribution in [2.24, 2.45) is 0 Å². The maximum atomic E-state index is 8.97. The molecule has 3 heteroatoms. The lowest BCUT2D eigenvalue weighted by molar-refractivity contribution is 0.282. The van der Waals surface area contributed by atoms with Crippen molar-refractivity contribution in [3.05, 3.63) is 63.6 Å².